The number of hydrogen-bond donors (Lipinski definition) is 2. The van der Waals surface area contributed by atoms with Crippen molar-refractivity contribution >= 4 is 28.8 Å². The van der Waals surface area contributed by atoms with E-state index in [2.05, 4.69) is 47.6 Å². The number of carbonyl (C=O) groups is 2. The van der Waals surface area contributed by atoms with E-state index in [4.69, 9.17) is 0 Å². The van der Waals surface area contributed by atoms with E-state index in [1.54, 1.807) is 13.0 Å². The summed E-state index contributed by atoms with van der Waals surface area (Å²) < 4.78 is 0. The number of nitrogens with one attached hydrogen (secondary N) is 2. The molecule has 0 aliphatic rings. The minimum Gasteiger partial charge on any atom is -0.370 e. The molecule has 1 aromatic heterocycles. The minimum absolute atomic E-state index is 0.176. The third kappa shape index (κ3) is 5.60. The van der Waals surface area contributed by atoms with Crippen LogP contribution in [0.3, 0.4) is 0 Å². The van der Waals surface area contributed by atoms with Gasteiger partial charge in [-0.2, -0.15) is 0 Å². The summed E-state index contributed by atoms with van der Waals surface area (Å²) in [7, 11) is 0. The molecule has 25 heavy (non-hydrogen) atoms. The van der Waals surface area contributed by atoms with Gasteiger partial charge < -0.3 is 15.5 Å². The quantitative estimate of drug-likeness (QED) is 0.762. The molecular formula is C19H25N3O2S. The molecule has 0 saturated carbocycles. The van der Waals surface area contributed by atoms with E-state index in [1.165, 1.54) is 16.9 Å². The Bertz CT molecular complexity index is 700. The number of benzene rings is 1. The zero-order valence-electron chi connectivity index (χ0n) is 14.9. The molecule has 2 aromatic rings. The number of amides is 2. The minimum atomic E-state index is -0.566. The van der Waals surface area contributed by atoms with Gasteiger partial charge in [0.15, 0.2) is 0 Å². The van der Waals surface area contributed by atoms with E-state index in [9.17, 15) is 9.59 Å². The van der Waals surface area contributed by atoms with Gasteiger partial charge in [0.1, 0.15) is 6.04 Å². The molecule has 0 aliphatic heterocycles. The fraction of sp³-hybridized carbons (Fsp3) is 0.368. The van der Waals surface area contributed by atoms with Crippen LogP contribution in [0.2, 0.25) is 0 Å². The van der Waals surface area contributed by atoms with Crippen molar-refractivity contribution in [3.8, 4) is 0 Å². The second-order valence-electron chi connectivity index (χ2n) is 5.88. The van der Waals surface area contributed by atoms with Gasteiger partial charge >= 0.3 is 0 Å². The highest BCUT2D eigenvalue weighted by atomic mass is 32.1. The maximum atomic E-state index is 12.2. The normalized spacial score (nSPS) is 11.6. The standard InChI is InChI=1S/C19H25N3O2S/c1-4-22(16-8-5-7-14(2)13-16)11-10-20-18(23)15(3)21-19(24)17-9-6-12-25-17/h5-9,12-13,15H,4,10-11H2,1-3H3,(H,20,23)(H,21,24)/t15-/m0/s1. The van der Waals surface area contributed by atoms with Crippen LogP contribution < -0.4 is 15.5 Å². The molecule has 0 aliphatic carbocycles. The van der Waals surface area contributed by atoms with Crippen molar-refractivity contribution < 1.29 is 9.59 Å². The van der Waals surface area contributed by atoms with Crippen molar-refractivity contribution in [2.75, 3.05) is 24.5 Å². The molecule has 5 nitrogen and oxygen atoms in total. The zero-order valence-corrected chi connectivity index (χ0v) is 15.7. The summed E-state index contributed by atoms with van der Waals surface area (Å²) in [5.74, 6) is -0.391. The van der Waals surface area contributed by atoms with Crippen molar-refractivity contribution in [3.05, 3.63) is 52.2 Å². The maximum Gasteiger partial charge on any atom is 0.261 e. The second kappa shape index (κ2) is 9.22. The predicted molar refractivity (Wildman–Crippen MR) is 103 cm³/mol. The van der Waals surface area contributed by atoms with Crippen LogP contribution >= 0.6 is 11.3 Å². The van der Waals surface area contributed by atoms with Crippen LogP contribution in [0.25, 0.3) is 0 Å². The summed E-state index contributed by atoms with van der Waals surface area (Å²) in [6.07, 6.45) is 0. The molecule has 0 radical (unpaired) electrons. The number of likely N-dealkylation sites (N-methyl/N-ethyl adjacent to an activating group) is 1. The van der Waals surface area contributed by atoms with Crippen LogP contribution in [0.15, 0.2) is 41.8 Å². The predicted octanol–water partition coefficient (Wildman–Crippen LogP) is 2.82. The maximum absolute atomic E-state index is 12.2. The highest BCUT2D eigenvalue weighted by Crippen LogP contribution is 2.15. The highest BCUT2D eigenvalue weighted by molar-refractivity contribution is 7.12. The van der Waals surface area contributed by atoms with E-state index in [1.807, 2.05) is 17.5 Å². The largest absolute Gasteiger partial charge is 0.370 e. The topological polar surface area (TPSA) is 61.4 Å². The van der Waals surface area contributed by atoms with Crippen LogP contribution in [-0.4, -0.2) is 37.5 Å². The summed E-state index contributed by atoms with van der Waals surface area (Å²) in [5, 5.41) is 7.45. The monoisotopic (exact) mass is 359 g/mol. The lowest BCUT2D eigenvalue weighted by Gasteiger charge is -2.24. The van der Waals surface area contributed by atoms with Gasteiger partial charge in [0.25, 0.3) is 5.91 Å². The first-order valence-corrected chi connectivity index (χ1v) is 9.33. The van der Waals surface area contributed by atoms with Crippen molar-refractivity contribution in [2.24, 2.45) is 0 Å². The Morgan fingerprint density at radius 3 is 2.68 bits per heavy atom. The molecule has 0 spiro atoms. The zero-order chi connectivity index (χ0) is 18.2. The van der Waals surface area contributed by atoms with Gasteiger partial charge in [-0.1, -0.05) is 18.2 Å². The van der Waals surface area contributed by atoms with Crippen molar-refractivity contribution in [1.82, 2.24) is 10.6 Å². The lowest BCUT2D eigenvalue weighted by molar-refractivity contribution is -0.122. The van der Waals surface area contributed by atoms with E-state index in [0.29, 0.717) is 11.4 Å². The Morgan fingerprint density at radius 1 is 1.24 bits per heavy atom. The third-order valence-electron chi connectivity index (χ3n) is 3.92. The van der Waals surface area contributed by atoms with Gasteiger partial charge in [-0.05, 0) is 49.9 Å². The molecule has 1 atom stereocenters. The first-order valence-electron chi connectivity index (χ1n) is 8.45. The lowest BCUT2D eigenvalue weighted by Crippen LogP contribution is -2.46. The summed E-state index contributed by atoms with van der Waals surface area (Å²) in [6, 6.07) is 11.3. The molecule has 0 unspecified atom stereocenters. The van der Waals surface area contributed by atoms with Crippen LogP contribution in [0.1, 0.15) is 29.1 Å². The summed E-state index contributed by atoms with van der Waals surface area (Å²) in [4.78, 5) is 27.0. The number of hydrogen-bond acceptors (Lipinski definition) is 4. The summed E-state index contributed by atoms with van der Waals surface area (Å²) >= 11 is 1.36. The van der Waals surface area contributed by atoms with Crippen molar-refractivity contribution in [3.63, 3.8) is 0 Å². The molecule has 0 bridgehead atoms. The fourth-order valence-electron chi connectivity index (χ4n) is 2.50. The van der Waals surface area contributed by atoms with Gasteiger partial charge in [-0.25, -0.2) is 0 Å². The average molecular weight is 359 g/mol. The highest BCUT2D eigenvalue weighted by Gasteiger charge is 2.17. The molecule has 1 aromatic carbocycles. The Hall–Kier alpha value is -2.34. The van der Waals surface area contributed by atoms with Gasteiger partial charge in [-0.3, -0.25) is 9.59 Å². The molecule has 0 saturated heterocycles. The summed E-state index contributed by atoms with van der Waals surface area (Å²) in [5.41, 5.74) is 2.36. The first kappa shape index (κ1) is 19.0. The molecule has 0 fully saturated rings. The SMILES string of the molecule is CCN(CCNC(=O)[C@H](C)NC(=O)c1cccs1)c1cccc(C)c1. The molecule has 2 N–H and O–H groups in total. The first-order chi connectivity index (χ1) is 12.0. The van der Waals surface area contributed by atoms with Gasteiger partial charge in [0, 0.05) is 25.3 Å². The molecule has 2 rings (SSSR count). The van der Waals surface area contributed by atoms with Gasteiger partial charge in [0.2, 0.25) is 5.91 Å². The van der Waals surface area contributed by atoms with Crippen LogP contribution in [-0.2, 0) is 4.79 Å². The number of nitrogens with zero attached hydrogens (tertiary/aromatic N) is 1. The molecule has 134 valence electrons. The third-order valence-corrected chi connectivity index (χ3v) is 4.78. The van der Waals surface area contributed by atoms with E-state index in [-0.39, 0.29) is 11.8 Å². The lowest BCUT2D eigenvalue weighted by atomic mass is 10.2. The Morgan fingerprint density at radius 2 is 2.04 bits per heavy atom. The number of aryl methyl sites for hydroxylation is 1. The van der Waals surface area contributed by atoms with E-state index >= 15 is 0 Å². The molecule has 6 heteroatoms. The Labute approximate surface area is 153 Å². The van der Waals surface area contributed by atoms with Crippen LogP contribution in [0.5, 0.6) is 0 Å². The second-order valence-corrected chi connectivity index (χ2v) is 6.83. The van der Waals surface area contributed by atoms with E-state index in [0.717, 1.165) is 18.8 Å². The Balaban J connectivity index is 1.79. The number of anilines is 1. The van der Waals surface area contributed by atoms with E-state index < -0.39 is 6.04 Å². The van der Waals surface area contributed by atoms with Crippen LogP contribution in [0, 0.1) is 6.92 Å². The number of carbonyl (C=O) groups excluding carboxylic acids is 2. The van der Waals surface area contributed by atoms with Crippen molar-refractivity contribution in [1.29, 1.82) is 0 Å². The molecule has 2 amide bonds. The molecule has 1 heterocycles. The fourth-order valence-corrected chi connectivity index (χ4v) is 3.13. The Kier molecular flexibility index (Phi) is 7.01. The average Bonchev–Trinajstić information content (AvgIpc) is 3.13. The van der Waals surface area contributed by atoms with Gasteiger partial charge in [-0.15, -0.1) is 11.3 Å². The smallest absolute Gasteiger partial charge is 0.261 e. The molecular weight excluding hydrogens is 334 g/mol. The van der Waals surface area contributed by atoms with Crippen molar-refractivity contribution in [2.45, 2.75) is 26.8 Å². The van der Waals surface area contributed by atoms with Gasteiger partial charge in [0.05, 0.1) is 4.88 Å². The van der Waals surface area contributed by atoms with Crippen LogP contribution in [0.4, 0.5) is 5.69 Å². The number of rotatable bonds is 8. The number of thiophene rings is 1. The summed E-state index contributed by atoms with van der Waals surface area (Å²) in [6.45, 7) is 7.96.